The monoisotopic (exact) mass is 417 g/mol. The molecular weight excluding hydrogens is 398 g/mol. The van der Waals surface area contributed by atoms with Crippen LogP contribution in [0.25, 0.3) is 10.8 Å². The van der Waals surface area contributed by atoms with E-state index in [9.17, 15) is 22.4 Å². The van der Waals surface area contributed by atoms with Crippen molar-refractivity contribution in [2.24, 2.45) is 0 Å². The van der Waals surface area contributed by atoms with Gasteiger partial charge in [0.25, 0.3) is 5.91 Å². The van der Waals surface area contributed by atoms with Crippen LogP contribution in [0.3, 0.4) is 0 Å². The van der Waals surface area contributed by atoms with E-state index in [-0.39, 0.29) is 24.0 Å². The first-order valence-electron chi connectivity index (χ1n) is 9.64. The molecule has 3 aromatic carbocycles. The molecule has 0 heterocycles. The van der Waals surface area contributed by atoms with Crippen molar-refractivity contribution >= 4 is 16.7 Å². The Labute approximate surface area is 170 Å². The summed E-state index contributed by atoms with van der Waals surface area (Å²) >= 11 is 0. The zero-order valence-corrected chi connectivity index (χ0v) is 15.9. The molecule has 4 rings (SSSR count). The van der Waals surface area contributed by atoms with E-state index in [1.165, 1.54) is 12.1 Å². The highest BCUT2D eigenvalue weighted by Gasteiger charge is 2.30. The average molecular weight is 417 g/mol. The van der Waals surface area contributed by atoms with Crippen molar-refractivity contribution in [2.45, 2.75) is 38.1 Å². The second-order valence-electron chi connectivity index (χ2n) is 7.37. The van der Waals surface area contributed by atoms with Gasteiger partial charge in [0.05, 0.1) is 11.1 Å². The number of benzene rings is 3. The summed E-state index contributed by atoms with van der Waals surface area (Å²) in [5, 5.41) is 3.62. The van der Waals surface area contributed by atoms with Gasteiger partial charge in [-0.1, -0.05) is 36.4 Å². The summed E-state index contributed by atoms with van der Waals surface area (Å²) in [6.45, 7) is -0.0581. The summed E-state index contributed by atoms with van der Waals surface area (Å²) in [6, 6.07) is 12.4. The average Bonchev–Trinajstić information content (AvgIpc) is 2.69. The number of fused-ring (bicyclic) bond motifs is 1. The molecule has 1 aliphatic rings. The quantitative estimate of drug-likeness (QED) is 0.528. The number of carbonyl (C=O) groups excluding carboxylic acids is 1. The van der Waals surface area contributed by atoms with Gasteiger partial charge in [-0.3, -0.25) is 4.79 Å². The van der Waals surface area contributed by atoms with E-state index in [0.717, 1.165) is 37.5 Å². The lowest BCUT2D eigenvalue weighted by molar-refractivity contribution is -0.137. The zero-order chi connectivity index (χ0) is 21.3. The number of ether oxygens (including phenoxy) is 1. The summed E-state index contributed by atoms with van der Waals surface area (Å²) in [6.07, 6.45) is -1.62. The minimum atomic E-state index is -4.42. The SMILES string of the molecule is O=C(NC1CCC1)c1cc(F)c2ccccc2c1OCc1ccc(C(F)(F)F)cc1. The normalized spacial score (nSPS) is 14.4. The zero-order valence-electron chi connectivity index (χ0n) is 15.9. The van der Waals surface area contributed by atoms with E-state index >= 15 is 0 Å². The molecule has 1 amide bonds. The molecule has 0 saturated heterocycles. The molecule has 3 aromatic rings. The third-order valence-electron chi connectivity index (χ3n) is 5.29. The van der Waals surface area contributed by atoms with Crippen LogP contribution in [0.4, 0.5) is 17.6 Å². The van der Waals surface area contributed by atoms with Gasteiger partial charge in [-0.2, -0.15) is 13.2 Å². The number of nitrogens with one attached hydrogen (secondary N) is 1. The minimum absolute atomic E-state index is 0.0581. The Morgan fingerprint density at radius 2 is 1.70 bits per heavy atom. The van der Waals surface area contributed by atoms with Crippen molar-refractivity contribution in [3.05, 3.63) is 77.1 Å². The van der Waals surface area contributed by atoms with Gasteiger partial charge in [-0.25, -0.2) is 4.39 Å². The van der Waals surface area contributed by atoms with E-state index < -0.39 is 23.5 Å². The Morgan fingerprint density at radius 3 is 2.30 bits per heavy atom. The first kappa shape index (κ1) is 20.2. The Kier molecular flexibility index (Phi) is 5.37. The predicted molar refractivity (Wildman–Crippen MR) is 105 cm³/mol. The first-order chi connectivity index (χ1) is 14.3. The molecule has 0 radical (unpaired) electrons. The highest BCUT2D eigenvalue weighted by atomic mass is 19.4. The number of rotatable bonds is 5. The van der Waals surface area contributed by atoms with Gasteiger partial charge in [0.2, 0.25) is 0 Å². The van der Waals surface area contributed by atoms with Gasteiger partial charge in [-0.15, -0.1) is 0 Å². The molecular formula is C23H19F4NO2. The lowest BCUT2D eigenvalue weighted by Gasteiger charge is -2.27. The van der Waals surface area contributed by atoms with Gasteiger partial charge in [0, 0.05) is 16.8 Å². The van der Waals surface area contributed by atoms with E-state index in [1.807, 2.05) is 0 Å². The third kappa shape index (κ3) is 4.10. The van der Waals surface area contributed by atoms with Crippen LogP contribution in [0.5, 0.6) is 5.75 Å². The lowest BCUT2D eigenvalue weighted by atomic mass is 9.92. The molecule has 1 saturated carbocycles. The Morgan fingerprint density at radius 1 is 1.03 bits per heavy atom. The summed E-state index contributed by atoms with van der Waals surface area (Å²) in [4.78, 5) is 12.7. The number of hydrogen-bond donors (Lipinski definition) is 1. The maximum Gasteiger partial charge on any atom is 0.416 e. The van der Waals surface area contributed by atoms with Crippen LogP contribution in [0.1, 0.15) is 40.7 Å². The van der Waals surface area contributed by atoms with Crippen molar-refractivity contribution < 1.29 is 27.1 Å². The van der Waals surface area contributed by atoms with Gasteiger partial charge in [0.15, 0.2) is 0 Å². The third-order valence-corrected chi connectivity index (χ3v) is 5.29. The number of alkyl halides is 3. The van der Waals surface area contributed by atoms with E-state index in [4.69, 9.17) is 4.74 Å². The molecule has 0 aliphatic heterocycles. The van der Waals surface area contributed by atoms with Crippen LogP contribution < -0.4 is 10.1 Å². The Hall–Kier alpha value is -3.09. The summed E-state index contributed by atoms with van der Waals surface area (Å²) in [5.74, 6) is -0.748. The topological polar surface area (TPSA) is 38.3 Å². The fourth-order valence-corrected chi connectivity index (χ4v) is 3.39. The fraction of sp³-hybridized carbons (Fsp3) is 0.261. The number of amides is 1. The molecule has 7 heteroatoms. The Bertz CT molecular complexity index is 1070. The molecule has 1 N–H and O–H groups in total. The molecule has 1 aliphatic carbocycles. The molecule has 156 valence electrons. The molecule has 0 unspecified atom stereocenters. The van der Waals surface area contributed by atoms with E-state index in [0.29, 0.717) is 16.3 Å². The minimum Gasteiger partial charge on any atom is -0.487 e. The molecule has 30 heavy (non-hydrogen) atoms. The van der Waals surface area contributed by atoms with Crippen LogP contribution in [0.15, 0.2) is 54.6 Å². The van der Waals surface area contributed by atoms with Crippen molar-refractivity contribution in [1.82, 2.24) is 5.32 Å². The van der Waals surface area contributed by atoms with Crippen LogP contribution in [-0.2, 0) is 12.8 Å². The number of hydrogen-bond acceptors (Lipinski definition) is 2. The van der Waals surface area contributed by atoms with Gasteiger partial charge in [-0.05, 0) is 43.0 Å². The van der Waals surface area contributed by atoms with Gasteiger partial charge < -0.3 is 10.1 Å². The second-order valence-corrected chi connectivity index (χ2v) is 7.37. The molecule has 3 nitrogen and oxygen atoms in total. The smallest absolute Gasteiger partial charge is 0.416 e. The molecule has 1 fully saturated rings. The van der Waals surface area contributed by atoms with Gasteiger partial charge in [0.1, 0.15) is 18.2 Å². The number of halogens is 4. The van der Waals surface area contributed by atoms with Crippen LogP contribution in [0.2, 0.25) is 0 Å². The lowest BCUT2D eigenvalue weighted by Crippen LogP contribution is -2.39. The largest absolute Gasteiger partial charge is 0.487 e. The molecule has 0 atom stereocenters. The number of carbonyl (C=O) groups is 1. The van der Waals surface area contributed by atoms with E-state index in [1.54, 1.807) is 24.3 Å². The van der Waals surface area contributed by atoms with Crippen LogP contribution >= 0.6 is 0 Å². The van der Waals surface area contributed by atoms with Crippen molar-refractivity contribution in [1.29, 1.82) is 0 Å². The second kappa shape index (κ2) is 7.97. The van der Waals surface area contributed by atoms with Gasteiger partial charge >= 0.3 is 6.18 Å². The predicted octanol–water partition coefficient (Wildman–Crippen LogP) is 5.86. The molecule has 0 bridgehead atoms. The first-order valence-corrected chi connectivity index (χ1v) is 9.64. The Balaban J connectivity index is 1.65. The standard InChI is InChI=1S/C23H19F4NO2/c24-20-12-19(22(29)28-16-4-3-5-16)21(18-7-2-1-6-17(18)20)30-13-14-8-10-15(11-9-14)23(25,26)27/h1-2,6-12,16H,3-5,13H2,(H,28,29). The maximum atomic E-state index is 14.6. The van der Waals surface area contributed by atoms with Crippen LogP contribution in [0, 0.1) is 5.82 Å². The summed E-state index contributed by atoms with van der Waals surface area (Å²) in [5.41, 5.74) is -0.175. The summed E-state index contributed by atoms with van der Waals surface area (Å²) in [7, 11) is 0. The van der Waals surface area contributed by atoms with E-state index in [2.05, 4.69) is 5.32 Å². The van der Waals surface area contributed by atoms with Crippen molar-refractivity contribution in [3.63, 3.8) is 0 Å². The van der Waals surface area contributed by atoms with Crippen molar-refractivity contribution in [2.75, 3.05) is 0 Å². The highest BCUT2D eigenvalue weighted by Crippen LogP contribution is 2.34. The van der Waals surface area contributed by atoms with Crippen LogP contribution in [-0.4, -0.2) is 11.9 Å². The molecule has 0 aromatic heterocycles. The highest BCUT2D eigenvalue weighted by molar-refractivity contribution is 6.04. The maximum absolute atomic E-state index is 14.6. The summed E-state index contributed by atoms with van der Waals surface area (Å²) < 4.78 is 58.7. The van der Waals surface area contributed by atoms with Crippen molar-refractivity contribution in [3.8, 4) is 5.75 Å². The fourth-order valence-electron chi connectivity index (χ4n) is 3.39. The molecule has 0 spiro atoms.